The summed E-state index contributed by atoms with van der Waals surface area (Å²) in [5.41, 5.74) is 2.16. The van der Waals surface area contributed by atoms with E-state index in [0.717, 1.165) is 17.3 Å². The molecule has 0 bridgehead atoms. The average Bonchev–Trinajstić information content (AvgIpc) is 3.13. The molecule has 4 rings (SSSR count). The molecule has 0 unspecified atom stereocenters. The summed E-state index contributed by atoms with van der Waals surface area (Å²) in [4.78, 5) is 31.4. The van der Waals surface area contributed by atoms with Crippen molar-refractivity contribution < 1.29 is 9.59 Å². The summed E-state index contributed by atoms with van der Waals surface area (Å²) in [7, 11) is 0. The molecule has 2 aliphatic rings. The monoisotopic (exact) mass is 366 g/mol. The molecule has 2 aromatic rings. The van der Waals surface area contributed by atoms with Gasteiger partial charge >= 0.3 is 0 Å². The van der Waals surface area contributed by atoms with E-state index in [9.17, 15) is 9.59 Å². The van der Waals surface area contributed by atoms with Crippen LogP contribution in [-0.2, 0) is 16.1 Å². The van der Waals surface area contributed by atoms with Gasteiger partial charge in [0.05, 0.1) is 5.52 Å². The lowest BCUT2D eigenvalue weighted by atomic mass is 9.95. The van der Waals surface area contributed by atoms with Gasteiger partial charge in [0.1, 0.15) is 12.1 Å². The number of hydrogen-bond acceptors (Lipinski definition) is 4. The zero-order chi connectivity index (χ0) is 19.0. The van der Waals surface area contributed by atoms with E-state index in [-0.39, 0.29) is 35.9 Å². The summed E-state index contributed by atoms with van der Waals surface area (Å²) in [5, 5.41) is 7.58. The standard InChI is InChI=1S/C21H26N4O2/c1-3-13(2)19-21(27)25-12-16(10-18(25)20(26)24-19)23-11-14-6-7-17-15(9-14)5-4-8-22-17/h4-9,13,16,18-19,23H,3,10-12H2,1-2H3,(H,24,26)/t13-,16-,18-,19-/m0/s1. The van der Waals surface area contributed by atoms with Crippen molar-refractivity contribution in [3.63, 3.8) is 0 Å². The van der Waals surface area contributed by atoms with Crippen LogP contribution in [0.25, 0.3) is 10.9 Å². The summed E-state index contributed by atoms with van der Waals surface area (Å²) in [6.45, 7) is 5.37. The van der Waals surface area contributed by atoms with E-state index in [0.29, 0.717) is 19.5 Å². The number of carbonyl (C=O) groups excluding carboxylic acids is 2. The fourth-order valence-electron chi connectivity index (χ4n) is 4.08. The van der Waals surface area contributed by atoms with Gasteiger partial charge in [-0.05, 0) is 36.1 Å². The molecular formula is C21H26N4O2. The highest BCUT2D eigenvalue weighted by atomic mass is 16.2. The minimum Gasteiger partial charge on any atom is -0.342 e. The molecule has 27 heavy (non-hydrogen) atoms. The molecule has 6 heteroatoms. The Bertz CT molecular complexity index is 868. The summed E-state index contributed by atoms with van der Waals surface area (Å²) in [6, 6.07) is 9.63. The molecule has 0 saturated carbocycles. The Morgan fingerprint density at radius 2 is 2.19 bits per heavy atom. The van der Waals surface area contributed by atoms with Crippen molar-refractivity contribution in [2.24, 2.45) is 5.92 Å². The van der Waals surface area contributed by atoms with Gasteiger partial charge in [0.2, 0.25) is 11.8 Å². The normalized spacial score (nSPS) is 26.1. The number of pyridine rings is 1. The second-order valence-corrected chi connectivity index (χ2v) is 7.72. The van der Waals surface area contributed by atoms with Crippen LogP contribution in [0.1, 0.15) is 32.3 Å². The van der Waals surface area contributed by atoms with Gasteiger partial charge in [0.15, 0.2) is 0 Å². The van der Waals surface area contributed by atoms with Crippen LogP contribution in [-0.4, -0.2) is 46.4 Å². The predicted octanol–water partition coefficient (Wildman–Crippen LogP) is 1.84. The van der Waals surface area contributed by atoms with Gasteiger partial charge in [0.25, 0.3) is 0 Å². The van der Waals surface area contributed by atoms with E-state index in [1.807, 2.05) is 26.0 Å². The Morgan fingerprint density at radius 3 is 3.00 bits per heavy atom. The third-order valence-corrected chi connectivity index (χ3v) is 5.93. The van der Waals surface area contributed by atoms with Crippen LogP contribution in [0, 0.1) is 5.92 Å². The molecule has 6 nitrogen and oxygen atoms in total. The van der Waals surface area contributed by atoms with E-state index in [2.05, 4.69) is 33.8 Å². The van der Waals surface area contributed by atoms with Gasteiger partial charge in [-0.25, -0.2) is 0 Å². The van der Waals surface area contributed by atoms with Gasteiger partial charge < -0.3 is 15.5 Å². The van der Waals surface area contributed by atoms with E-state index < -0.39 is 0 Å². The number of piperazine rings is 1. The summed E-state index contributed by atoms with van der Waals surface area (Å²) < 4.78 is 0. The molecule has 0 radical (unpaired) electrons. The van der Waals surface area contributed by atoms with Crippen molar-refractivity contribution >= 4 is 22.7 Å². The van der Waals surface area contributed by atoms with Gasteiger partial charge in [-0.2, -0.15) is 0 Å². The lowest BCUT2D eigenvalue weighted by Crippen LogP contribution is -2.62. The van der Waals surface area contributed by atoms with Crippen molar-refractivity contribution in [1.29, 1.82) is 0 Å². The Labute approximate surface area is 159 Å². The number of carbonyl (C=O) groups is 2. The van der Waals surface area contributed by atoms with Crippen LogP contribution in [0.3, 0.4) is 0 Å². The number of rotatable bonds is 5. The van der Waals surface area contributed by atoms with E-state index in [1.54, 1.807) is 11.1 Å². The molecule has 2 saturated heterocycles. The minimum absolute atomic E-state index is 0.0130. The highest BCUT2D eigenvalue weighted by Gasteiger charge is 2.47. The summed E-state index contributed by atoms with van der Waals surface area (Å²) in [5.74, 6) is 0.205. The van der Waals surface area contributed by atoms with Crippen molar-refractivity contribution in [1.82, 2.24) is 20.5 Å². The smallest absolute Gasteiger partial charge is 0.246 e. The second kappa shape index (κ2) is 7.27. The largest absolute Gasteiger partial charge is 0.342 e. The Morgan fingerprint density at radius 1 is 1.33 bits per heavy atom. The first-order chi connectivity index (χ1) is 13.1. The summed E-state index contributed by atoms with van der Waals surface area (Å²) in [6.07, 6.45) is 3.33. The predicted molar refractivity (Wildman–Crippen MR) is 104 cm³/mol. The lowest BCUT2D eigenvalue weighted by molar-refractivity contribution is -0.148. The molecular weight excluding hydrogens is 340 g/mol. The highest BCUT2D eigenvalue weighted by Crippen LogP contribution is 2.26. The molecule has 2 fully saturated rings. The van der Waals surface area contributed by atoms with Gasteiger partial charge in [-0.15, -0.1) is 0 Å². The van der Waals surface area contributed by atoms with E-state index in [1.165, 1.54) is 5.56 Å². The second-order valence-electron chi connectivity index (χ2n) is 7.72. The van der Waals surface area contributed by atoms with Gasteiger partial charge in [-0.3, -0.25) is 14.6 Å². The first-order valence-electron chi connectivity index (χ1n) is 9.74. The number of nitrogens with one attached hydrogen (secondary N) is 2. The Kier molecular flexibility index (Phi) is 4.83. The number of hydrogen-bond donors (Lipinski definition) is 2. The highest BCUT2D eigenvalue weighted by molar-refractivity contribution is 5.97. The van der Waals surface area contributed by atoms with Crippen LogP contribution in [0.2, 0.25) is 0 Å². The van der Waals surface area contributed by atoms with Gasteiger partial charge in [0, 0.05) is 30.7 Å². The van der Waals surface area contributed by atoms with E-state index in [4.69, 9.17) is 0 Å². The Hall–Kier alpha value is -2.47. The van der Waals surface area contributed by atoms with Crippen LogP contribution >= 0.6 is 0 Å². The third-order valence-electron chi connectivity index (χ3n) is 5.93. The molecule has 2 aliphatic heterocycles. The van der Waals surface area contributed by atoms with Crippen LogP contribution in [0.4, 0.5) is 0 Å². The fourth-order valence-corrected chi connectivity index (χ4v) is 4.08. The van der Waals surface area contributed by atoms with Crippen LogP contribution < -0.4 is 10.6 Å². The Balaban J connectivity index is 1.41. The minimum atomic E-state index is -0.384. The third kappa shape index (κ3) is 3.41. The molecule has 3 heterocycles. The number of fused-ring (bicyclic) bond motifs is 2. The number of nitrogens with zero attached hydrogens (tertiary/aromatic N) is 2. The molecule has 2 amide bonds. The maximum absolute atomic E-state index is 12.8. The molecule has 142 valence electrons. The number of aromatic nitrogens is 1. The van der Waals surface area contributed by atoms with Crippen molar-refractivity contribution in [3.8, 4) is 0 Å². The topological polar surface area (TPSA) is 74.3 Å². The van der Waals surface area contributed by atoms with Gasteiger partial charge in [-0.1, -0.05) is 32.4 Å². The molecule has 4 atom stereocenters. The van der Waals surface area contributed by atoms with Crippen LogP contribution in [0.15, 0.2) is 36.5 Å². The first-order valence-corrected chi connectivity index (χ1v) is 9.74. The van der Waals surface area contributed by atoms with Crippen LogP contribution in [0.5, 0.6) is 0 Å². The maximum Gasteiger partial charge on any atom is 0.246 e. The summed E-state index contributed by atoms with van der Waals surface area (Å²) >= 11 is 0. The van der Waals surface area contributed by atoms with Crippen molar-refractivity contribution in [2.45, 2.75) is 51.4 Å². The fraction of sp³-hybridized carbons (Fsp3) is 0.476. The average molecular weight is 366 g/mol. The first kappa shape index (κ1) is 17.9. The van der Waals surface area contributed by atoms with E-state index >= 15 is 0 Å². The van der Waals surface area contributed by atoms with Crippen molar-refractivity contribution in [3.05, 3.63) is 42.1 Å². The molecule has 0 spiro atoms. The number of benzene rings is 1. The SMILES string of the molecule is CC[C@H](C)[C@@H]1NC(=O)[C@@H]2C[C@H](NCc3ccc4ncccc4c3)CN2C1=O. The zero-order valence-corrected chi connectivity index (χ0v) is 15.8. The maximum atomic E-state index is 12.8. The zero-order valence-electron chi connectivity index (χ0n) is 15.8. The molecule has 1 aromatic heterocycles. The van der Waals surface area contributed by atoms with Crippen molar-refractivity contribution in [2.75, 3.05) is 6.54 Å². The molecule has 2 N–H and O–H groups in total. The molecule has 1 aromatic carbocycles. The number of amides is 2. The lowest BCUT2D eigenvalue weighted by Gasteiger charge is -2.36. The quantitative estimate of drug-likeness (QED) is 0.847. The molecule has 0 aliphatic carbocycles.